The maximum Gasteiger partial charge on any atom is 0.0713 e. The molecule has 0 aromatic heterocycles. The summed E-state index contributed by atoms with van der Waals surface area (Å²) < 4.78 is 0. The first-order valence-electron chi connectivity index (χ1n) is 13.0. The predicted octanol–water partition coefficient (Wildman–Crippen LogP) is 9.24. The molecule has 4 aromatic carbocycles. The third kappa shape index (κ3) is 4.45. The number of fused-ring (bicyclic) bond motifs is 3. The monoisotopic (exact) mass is 478 g/mol. The summed E-state index contributed by atoms with van der Waals surface area (Å²) in [6.45, 7) is 12.0. The van der Waals surface area contributed by atoms with Crippen LogP contribution in [0.5, 0.6) is 0 Å². The molecular weight excluding hydrogens is 444 g/mol. The molecule has 1 aliphatic rings. The Morgan fingerprint density at radius 3 is 1.35 bits per heavy atom. The van der Waals surface area contributed by atoms with Gasteiger partial charge in [-0.25, -0.2) is 0 Å². The van der Waals surface area contributed by atoms with Gasteiger partial charge in [-0.05, 0) is 71.2 Å². The number of hydrogen-bond donors (Lipinski definition) is 0. The van der Waals surface area contributed by atoms with Gasteiger partial charge in [-0.1, -0.05) is 146 Å². The molecule has 0 N–H and O–H groups in total. The molecule has 0 fully saturated rings. The van der Waals surface area contributed by atoms with E-state index in [9.17, 15) is 0 Å². The van der Waals surface area contributed by atoms with Gasteiger partial charge in [0, 0.05) is 0 Å². The summed E-state index contributed by atoms with van der Waals surface area (Å²) in [5, 5.41) is 0. The van der Waals surface area contributed by atoms with Crippen LogP contribution in [0.25, 0.3) is 11.1 Å². The van der Waals surface area contributed by atoms with E-state index < -0.39 is 0 Å². The zero-order valence-corrected chi connectivity index (χ0v) is 21.9. The fourth-order valence-corrected chi connectivity index (χ4v) is 5.72. The number of allylic oxidation sites excluding steroid dienone is 6. The van der Waals surface area contributed by atoms with Crippen molar-refractivity contribution < 1.29 is 0 Å². The summed E-state index contributed by atoms with van der Waals surface area (Å²) in [7, 11) is 0. The summed E-state index contributed by atoms with van der Waals surface area (Å²) in [6.07, 6.45) is 13.8. The molecule has 0 radical (unpaired) electrons. The SMILES string of the molecule is C=C/C=C/Cc1ccc(C2(c3ccc(C/C=C/C=C)cc3)c3cc(C)ccc3-c3ccc(C)cc32)cc1. The van der Waals surface area contributed by atoms with Crippen LogP contribution >= 0.6 is 0 Å². The lowest BCUT2D eigenvalue weighted by molar-refractivity contribution is 0.765. The Morgan fingerprint density at radius 1 is 0.568 bits per heavy atom. The van der Waals surface area contributed by atoms with E-state index in [1.165, 1.54) is 55.6 Å². The summed E-state index contributed by atoms with van der Waals surface area (Å²) in [4.78, 5) is 0. The van der Waals surface area contributed by atoms with Crippen molar-refractivity contribution in [2.75, 3.05) is 0 Å². The first-order valence-corrected chi connectivity index (χ1v) is 13.0. The second-order valence-corrected chi connectivity index (χ2v) is 9.98. The van der Waals surface area contributed by atoms with Gasteiger partial charge in [0.05, 0.1) is 5.41 Å². The summed E-state index contributed by atoms with van der Waals surface area (Å²) in [5.74, 6) is 0. The molecule has 0 unspecified atom stereocenters. The molecule has 37 heavy (non-hydrogen) atoms. The number of rotatable bonds is 8. The normalized spacial score (nSPS) is 13.6. The van der Waals surface area contributed by atoms with Gasteiger partial charge in [-0.15, -0.1) is 0 Å². The van der Waals surface area contributed by atoms with Crippen LogP contribution in [0.1, 0.15) is 44.5 Å². The van der Waals surface area contributed by atoms with Crippen LogP contribution in [0.3, 0.4) is 0 Å². The maximum absolute atomic E-state index is 3.79. The summed E-state index contributed by atoms with van der Waals surface area (Å²) in [5.41, 5.74) is 12.8. The molecule has 0 bridgehead atoms. The van der Waals surface area contributed by atoms with Crippen LogP contribution in [0, 0.1) is 13.8 Å². The highest BCUT2D eigenvalue weighted by Crippen LogP contribution is 2.56. The van der Waals surface area contributed by atoms with Gasteiger partial charge >= 0.3 is 0 Å². The highest BCUT2D eigenvalue weighted by atomic mass is 14.5. The lowest BCUT2D eigenvalue weighted by Gasteiger charge is -2.34. The van der Waals surface area contributed by atoms with E-state index in [0.717, 1.165) is 12.8 Å². The molecule has 0 saturated heterocycles. The van der Waals surface area contributed by atoms with E-state index in [1.807, 2.05) is 24.3 Å². The number of hydrogen-bond acceptors (Lipinski definition) is 0. The molecular formula is C37H34. The van der Waals surface area contributed by atoms with Gasteiger partial charge in [0.25, 0.3) is 0 Å². The van der Waals surface area contributed by atoms with E-state index in [2.05, 4.69) is 124 Å². The molecule has 0 nitrogen and oxygen atoms in total. The Labute approximate surface area is 222 Å². The van der Waals surface area contributed by atoms with Crippen molar-refractivity contribution in [2.45, 2.75) is 32.1 Å². The van der Waals surface area contributed by atoms with Crippen molar-refractivity contribution in [3.05, 3.63) is 179 Å². The minimum Gasteiger partial charge on any atom is -0.0991 e. The van der Waals surface area contributed by atoms with Crippen LogP contribution in [0.4, 0.5) is 0 Å². The first kappa shape index (κ1) is 24.5. The Balaban J connectivity index is 1.75. The van der Waals surface area contributed by atoms with E-state index >= 15 is 0 Å². The average Bonchev–Trinajstić information content (AvgIpc) is 3.19. The van der Waals surface area contributed by atoms with Crippen LogP contribution in [-0.4, -0.2) is 0 Å². The first-order chi connectivity index (χ1) is 18.1. The van der Waals surface area contributed by atoms with Gasteiger partial charge in [0.1, 0.15) is 0 Å². The maximum atomic E-state index is 3.79. The zero-order chi connectivity index (χ0) is 25.8. The van der Waals surface area contributed by atoms with Crippen molar-refractivity contribution >= 4 is 0 Å². The van der Waals surface area contributed by atoms with Gasteiger partial charge in [0.15, 0.2) is 0 Å². The lowest BCUT2D eigenvalue weighted by Crippen LogP contribution is -2.28. The third-order valence-electron chi connectivity index (χ3n) is 7.47. The van der Waals surface area contributed by atoms with Gasteiger partial charge in [-0.3, -0.25) is 0 Å². The molecule has 5 rings (SSSR count). The Kier molecular flexibility index (Phi) is 6.93. The Bertz CT molecular complexity index is 1370. The highest BCUT2D eigenvalue weighted by molar-refractivity contribution is 5.86. The average molecular weight is 479 g/mol. The molecule has 0 aliphatic heterocycles. The minimum atomic E-state index is -0.367. The smallest absolute Gasteiger partial charge is 0.0713 e. The number of aryl methyl sites for hydroxylation is 2. The third-order valence-corrected chi connectivity index (χ3v) is 7.47. The van der Waals surface area contributed by atoms with E-state index in [1.54, 1.807) is 0 Å². The molecule has 0 saturated carbocycles. The molecule has 182 valence electrons. The standard InChI is InChI=1S/C37H34/c1-5-7-9-11-29-15-19-31(20-16-29)37(32-21-17-30(18-22-32)12-10-8-6-2)35-25-27(3)13-23-33(35)34-24-14-28(4)26-36(34)37/h5-10,13-26H,1-2,11-12H2,3-4H3/b9-7+,10-8+. The Morgan fingerprint density at radius 2 is 0.973 bits per heavy atom. The second-order valence-electron chi connectivity index (χ2n) is 9.98. The van der Waals surface area contributed by atoms with Crippen molar-refractivity contribution in [3.63, 3.8) is 0 Å². The molecule has 4 aromatic rings. The molecule has 0 atom stereocenters. The quantitative estimate of drug-likeness (QED) is 0.195. The van der Waals surface area contributed by atoms with Crippen molar-refractivity contribution in [3.8, 4) is 11.1 Å². The number of benzene rings is 4. The molecule has 0 heterocycles. The van der Waals surface area contributed by atoms with Crippen LogP contribution in [-0.2, 0) is 18.3 Å². The minimum absolute atomic E-state index is 0.367. The fourth-order valence-electron chi connectivity index (χ4n) is 5.72. The van der Waals surface area contributed by atoms with Crippen LogP contribution < -0.4 is 0 Å². The summed E-state index contributed by atoms with van der Waals surface area (Å²) in [6, 6.07) is 32.3. The fraction of sp³-hybridized carbons (Fsp3) is 0.135. The molecule has 0 spiro atoms. The zero-order valence-electron chi connectivity index (χ0n) is 21.9. The van der Waals surface area contributed by atoms with Crippen LogP contribution in [0.15, 0.2) is 135 Å². The molecule has 0 heteroatoms. The largest absolute Gasteiger partial charge is 0.0991 e. The summed E-state index contributed by atoms with van der Waals surface area (Å²) >= 11 is 0. The molecule has 0 amide bonds. The molecule has 1 aliphatic carbocycles. The van der Waals surface area contributed by atoms with Gasteiger partial charge < -0.3 is 0 Å². The lowest BCUT2D eigenvalue weighted by atomic mass is 9.67. The van der Waals surface area contributed by atoms with Gasteiger partial charge in [0.2, 0.25) is 0 Å². The van der Waals surface area contributed by atoms with Crippen molar-refractivity contribution in [1.82, 2.24) is 0 Å². The van der Waals surface area contributed by atoms with Crippen molar-refractivity contribution in [2.24, 2.45) is 0 Å². The van der Waals surface area contributed by atoms with Crippen LogP contribution in [0.2, 0.25) is 0 Å². The second kappa shape index (κ2) is 10.4. The predicted molar refractivity (Wildman–Crippen MR) is 159 cm³/mol. The van der Waals surface area contributed by atoms with Gasteiger partial charge in [-0.2, -0.15) is 0 Å². The van der Waals surface area contributed by atoms with E-state index in [-0.39, 0.29) is 5.41 Å². The topological polar surface area (TPSA) is 0 Å². The Hall–Kier alpha value is -4.16. The van der Waals surface area contributed by atoms with Crippen molar-refractivity contribution in [1.29, 1.82) is 0 Å². The highest BCUT2D eigenvalue weighted by Gasteiger charge is 2.46. The van der Waals surface area contributed by atoms with E-state index in [0.29, 0.717) is 0 Å². The van der Waals surface area contributed by atoms with E-state index in [4.69, 9.17) is 0 Å².